The van der Waals surface area contributed by atoms with Gasteiger partial charge in [-0.15, -0.1) is 0 Å². The molecule has 3 aromatic rings. The van der Waals surface area contributed by atoms with Gasteiger partial charge < -0.3 is 15.3 Å². The summed E-state index contributed by atoms with van der Waals surface area (Å²) in [7, 11) is 0. The molecule has 0 bridgehead atoms. The van der Waals surface area contributed by atoms with E-state index in [4.69, 9.17) is 0 Å². The summed E-state index contributed by atoms with van der Waals surface area (Å²) >= 11 is 1.57. The van der Waals surface area contributed by atoms with Crippen LogP contribution >= 0.6 is 11.3 Å². The highest BCUT2D eigenvalue weighted by Crippen LogP contribution is 2.33. The van der Waals surface area contributed by atoms with Gasteiger partial charge in [-0.25, -0.2) is 4.98 Å². The summed E-state index contributed by atoms with van der Waals surface area (Å²) in [5.41, 5.74) is 2.47. The van der Waals surface area contributed by atoms with Gasteiger partial charge in [-0.2, -0.15) is 0 Å². The van der Waals surface area contributed by atoms with Gasteiger partial charge in [0.05, 0.1) is 22.9 Å². The number of benzene rings is 1. The fraction of sp³-hybridized carbons (Fsp3) is 0.316. The highest BCUT2D eigenvalue weighted by atomic mass is 32.1. The van der Waals surface area contributed by atoms with Crippen LogP contribution in [0, 0.1) is 0 Å². The van der Waals surface area contributed by atoms with Gasteiger partial charge in [0.15, 0.2) is 5.13 Å². The second-order valence-corrected chi connectivity index (χ2v) is 7.40. The number of hydrogen-bond donors (Lipinski definition) is 2. The Morgan fingerprint density at radius 2 is 2.31 bits per heavy atom. The predicted octanol–water partition coefficient (Wildman–Crippen LogP) is 2.58. The van der Waals surface area contributed by atoms with Gasteiger partial charge in [-0.1, -0.05) is 17.4 Å². The topological polar surface area (TPSA) is 78.4 Å². The van der Waals surface area contributed by atoms with E-state index in [1.807, 2.05) is 24.3 Å². The van der Waals surface area contributed by atoms with Crippen molar-refractivity contribution in [3.63, 3.8) is 0 Å². The maximum atomic E-state index is 12.4. The highest BCUT2D eigenvalue weighted by molar-refractivity contribution is 7.22. The SMILES string of the molecule is O=C(NCc1cccnc1)c1ccc2nc(N3CCCC3CO)sc2c1. The highest BCUT2D eigenvalue weighted by Gasteiger charge is 2.26. The van der Waals surface area contributed by atoms with Gasteiger partial charge >= 0.3 is 0 Å². The number of nitrogens with zero attached hydrogens (tertiary/aromatic N) is 3. The molecule has 7 heteroatoms. The molecule has 2 aromatic heterocycles. The van der Waals surface area contributed by atoms with E-state index in [2.05, 4.69) is 20.2 Å². The Morgan fingerprint density at radius 1 is 1.38 bits per heavy atom. The number of hydrogen-bond acceptors (Lipinski definition) is 6. The number of rotatable bonds is 5. The maximum absolute atomic E-state index is 12.4. The van der Waals surface area contributed by atoms with Crippen molar-refractivity contribution in [1.82, 2.24) is 15.3 Å². The summed E-state index contributed by atoms with van der Waals surface area (Å²) in [4.78, 5) is 23.3. The van der Waals surface area contributed by atoms with Crippen LogP contribution in [-0.2, 0) is 6.54 Å². The summed E-state index contributed by atoms with van der Waals surface area (Å²) in [5, 5.41) is 13.4. The molecular formula is C19H20N4O2S. The van der Waals surface area contributed by atoms with Crippen LogP contribution in [0.1, 0.15) is 28.8 Å². The van der Waals surface area contributed by atoms with Crippen LogP contribution in [0.3, 0.4) is 0 Å². The smallest absolute Gasteiger partial charge is 0.251 e. The van der Waals surface area contributed by atoms with E-state index in [1.165, 1.54) is 0 Å². The maximum Gasteiger partial charge on any atom is 0.251 e. The molecule has 1 atom stereocenters. The number of anilines is 1. The molecule has 0 aliphatic carbocycles. The van der Waals surface area contributed by atoms with E-state index in [-0.39, 0.29) is 18.6 Å². The molecule has 1 aromatic carbocycles. The third-order valence-electron chi connectivity index (χ3n) is 4.65. The van der Waals surface area contributed by atoms with E-state index >= 15 is 0 Å². The Morgan fingerprint density at radius 3 is 3.12 bits per heavy atom. The number of amides is 1. The zero-order chi connectivity index (χ0) is 17.9. The molecule has 0 radical (unpaired) electrons. The first-order valence-corrected chi connectivity index (χ1v) is 9.51. The minimum Gasteiger partial charge on any atom is -0.394 e. The van der Waals surface area contributed by atoms with Crippen molar-refractivity contribution in [3.8, 4) is 0 Å². The molecule has 1 saturated heterocycles. The number of fused-ring (bicyclic) bond motifs is 1. The standard InChI is InChI=1S/C19H20N4O2S/c24-12-15-4-2-8-23(15)19-22-16-6-5-14(9-17(16)26-19)18(25)21-11-13-3-1-7-20-10-13/h1,3,5-7,9-10,15,24H,2,4,8,11-12H2,(H,21,25). The minimum atomic E-state index is -0.111. The molecule has 6 nitrogen and oxygen atoms in total. The molecular weight excluding hydrogens is 348 g/mol. The van der Waals surface area contributed by atoms with Crippen LogP contribution < -0.4 is 10.2 Å². The predicted molar refractivity (Wildman–Crippen MR) is 102 cm³/mol. The van der Waals surface area contributed by atoms with Crippen molar-refractivity contribution in [1.29, 1.82) is 0 Å². The molecule has 4 rings (SSSR count). The van der Waals surface area contributed by atoms with Crippen LogP contribution in [0.4, 0.5) is 5.13 Å². The lowest BCUT2D eigenvalue weighted by Crippen LogP contribution is -2.31. The zero-order valence-corrected chi connectivity index (χ0v) is 15.1. The van der Waals surface area contributed by atoms with Crippen LogP contribution in [0.25, 0.3) is 10.2 Å². The minimum absolute atomic E-state index is 0.111. The lowest BCUT2D eigenvalue weighted by molar-refractivity contribution is 0.0951. The van der Waals surface area contributed by atoms with Crippen molar-refractivity contribution >= 4 is 32.6 Å². The molecule has 1 unspecified atom stereocenters. The summed E-state index contributed by atoms with van der Waals surface area (Å²) in [6, 6.07) is 9.51. The van der Waals surface area contributed by atoms with Crippen molar-refractivity contribution in [2.45, 2.75) is 25.4 Å². The van der Waals surface area contributed by atoms with Crippen LogP contribution in [-0.4, -0.2) is 40.2 Å². The van der Waals surface area contributed by atoms with Crippen molar-refractivity contribution in [2.75, 3.05) is 18.1 Å². The molecule has 1 fully saturated rings. The Kier molecular flexibility index (Phi) is 4.81. The first-order chi connectivity index (χ1) is 12.7. The second-order valence-electron chi connectivity index (χ2n) is 6.39. The van der Waals surface area contributed by atoms with Crippen molar-refractivity contribution < 1.29 is 9.90 Å². The van der Waals surface area contributed by atoms with Crippen molar-refractivity contribution in [3.05, 3.63) is 53.9 Å². The first-order valence-electron chi connectivity index (χ1n) is 8.70. The summed E-state index contributed by atoms with van der Waals surface area (Å²) < 4.78 is 0.984. The van der Waals surface area contributed by atoms with Gasteiger partial charge in [0.25, 0.3) is 5.91 Å². The Hall–Kier alpha value is -2.51. The van der Waals surface area contributed by atoms with E-state index in [0.29, 0.717) is 12.1 Å². The van der Waals surface area contributed by atoms with Gasteiger partial charge in [-0.3, -0.25) is 9.78 Å². The Balaban J connectivity index is 1.51. The van der Waals surface area contributed by atoms with E-state index in [9.17, 15) is 9.90 Å². The lowest BCUT2D eigenvalue weighted by atomic mass is 10.2. The normalized spacial score (nSPS) is 17.0. The molecule has 26 heavy (non-hydrogen) atoms. The van der Waals surface area contributed by atoms with Gasteiger partial charge in [0, 0.05) is 31.0 Å². The monoisotopic (exact) mass is 368 g/mol. The molecule has 0 saturated carbocycles. The second kappa shape index (κ2) is 7.39. The number of aliphatic hydroxyl groups excluding tert-OH is 1. The third kappa shape index (κ3) is 3.40. The number of carbonyl (C=O) groups excluding carboxylic acids is 1. The first kappa shape index (κ1) is 16.9. The number of aromatic nitrogens is 2. The molecule has 0 spiro atoms. The summed E-state index contributed by atoms with van der Waals surface area (Å²) in [5.74, 6) is -0.111. The number of carbonyl (C=O) groups is 1. The van der Waals surface area contributed by atoms with Gasteiger partial charge in [0.1, 0.15) is 0 Å². The zero-order valence-electron chi connectivity index (χ0n) is 14.3. The number of thiazole rings is 1. The average molecular weight is 368 g/mol. The fourth-order valence-electron chi connectivity index (χ4n) is 3.24. The quantitative estimate of drug-likeness (QED) is 0.724. The van der Waals surface area contributed by atoms with E-state index in [1.54, 1.807) is 29.8 Å². The summed E-state index contributed by atoms with van der Waals surface area (Å²) in [6.45, 7) is 1.52. The molecule has 134 valence electrons. The van der Waals surface area contributed by atoms with Crippen LogP contribution in [0.2, 0.25) is 0 Å². The molecule has 1 aliphatic heterocycles. The lowest BCUT2D eigenvalue weighted by Gasteiger charge is -2.21. The summed E-state index contributed by atoms with van der Waals surface area (Å²) in [6.07, 6.45) is 5.52. The Labute approximate surface area is 155 Å². The largest absolute Gasteiger partial charge is 0.394 e. The molecule has 1 amide bonds. The number of nitrogens with one attached hydrogen (secondary N) is 1. The third-order valence-corrected chi connectivity index (χ3v) is 5.70. The number of aliphatic hydroxyl groups is 1. The van der Waals surface area contributed by atoms with Crippen LogP contribution in [0.15, 0.2) is 42.7 Å². The Bertz CT molecular complexity index is 912. The van der Waals surface area contributed by atoms with Gasteiger partial charge in [-0.05, 0) is 42.7 Å². The molecule has 1 aliphatic rings. The molecule has 3 heterocycles. The fourth-order valence-corrected chi connectivity index (χ4v) is 4.34. The van der Waals surface area contributed by atoms with E-state index < -0.39 is 0 Å². The van der Waals surface area contributed by atoms with Gasteiger partial charge in [0.2, 0.25) is 0 Å². The van der Waals surface area contributed by atoms with Crippen LogP contribution in [0.5, 0.6) is 0 Å². The number of pyridine rings is 1. The molecule has 2 N–H and O–H groups in total. The average Bonchev–Trinajstić information content (AvgIpc) is 3.32. The van der Waals surface area contributed by atoms with E-state index in [0.717, 1.165) is 40.3 Å². The van der Waals surface area contributed by atoms with Crippen molar-refractivity contribution in [2.24, 2.45) is 0 Å².